The fraction of sp³-hybridized carbons (Fsp3) is 0.818. The Balaban J connectivity index is 2.66. The largest absolute Gasteiger partial charge is 0.480 e. The third kappa shape index (κ3) is 2.13. The second-order valence-corrected chi connectivity index (χ2v) is 4.87. The van der Waals surface area contributed by atoms with Gasteiger partial charge in [-0.15, -0.1) is 0 Å². The summed E-state index contributed by atoms with van der Waals surface area (Å²) in [6.45, 7) is 5.00. The van der Waals surface area contributed by atoms with Crippen molar-refractivity contribution in [3.63, 3.8) is 0 Å². The first-order valence-electron chi connectivity index (χ1n) is 5.40. The molecule has 86 valence electrons. The van der Waals surface area contributed by atoms with Gasteiger partial charge in [-0.2, -0.15) is 0 Å². The zero-order valence-electron chi connectivity index (χ0n) is 9.59. The Morgan fingerprint density at radius 3 is 2.20 bits per heavy atom. The van der Waals surface area contributed by atoms with Crippen LogP contribution in [0.3, 0.4) is 0 Å². The summed E-state index contributed by atoms with van der Waals surface area (Å²) in [5, 5.41) is 11.5. The van der Waals surface area contributed by atoms with Gasteiger partial charge in [-0.05, 0) is 33.1 Å². The van der Waals surface area contributed by atoms with Gasteiger partial charge in [0.25, 0.3) is 0 Å². The third-order valence-electron chi connectivity index (χ3n) is 3.43. The van der Waals surface area contributed by atoms with Crippen molar-refractivity contribution in [2.75, 3.05) is 0 Å². The second-order valence-electron chi connectivity index (χ2n) is 4.87. The van der Waals surface area contributed by atoms with E-state index in [9.17, 15) is 9.59 Å². The van der Waals surface area contributed by atoms with Crippen molar-refractivity contribution in [1.29, 1.82) is 0 Å². The minimum atomic E-state index is -1.17. The molecule has 15 heavy (non-hydrogen) atoms. The van der Waals surface area contributed by atoms with E-state index in [0.29, 0.717) is 0 Å². The minimum absolute atomic E-state index is 0.108. The highest BCUT2D eigenvalue weighted by molar-refractivity contribution is 5.89. The topological polar surface area (TPSA) is 66.4 Å². The van der Waals surface area contributed by atoms with E-state index in [4.69, 9.17) is 5.11 Å². The monoisotopic (exact) mass is 213 g/mol. The number of nitrogens with one attached hydrogen (secondary N) is 1. The van der Waals surface area contributed by atoms with Crippen molar-refractivity contribution in [3.8, 4) is 0 Å². The Morgan fingerprint density at radius 1 is 1.40 bits per heavy atom. The number of rotatable bonds is 4. The molecule has 0 aromatic carbocycles. The number of hydrogen-bond acceptors (Lipinski definition) is 2. The molecule has 4 heteroatoms. The predicted octanol–water partition coefficient (Wildman–Crippen LogP) is 1.55. The lowest BCUT2D eigenvalue weighted by Gasteiger charge is -2.41. The Morgan fingerprint density at radius 2 is 1.93 bits per heavy atom. The van der Waals surface area contributed by atoms with Crippen LogP contribution in [0.1, 0.15) is 46.5 Å². The van der Waals surface area contributed by atoms with E-state index in [-0.39, 0.29) is 11.3 Å². The second kappa shape index (κ2) is 3.83. The quantitative estimate of drug-likeness (QED) is 0.744. The first-order chi connectivity index (χ1) is 6.84. The van der Waals surface area contributed by atoms with Gasteiger partial charge in [0.05, 0.1) is 0 Å². The summed E-state index contributed by atoms with van der Waals surface area (Å²) >= 11 is 0. The van der Waals surface area contributed by atoms with E-state index < -0.39 is 11.5 Å². The summed E-state index contributed by atoms with van der Waals surface area (Å²) in [4.78, 5) is 22.8. The molecule has 1 fully saturated rings. The van der Waals surface area contributed by atoms with Gasteiger partial charge in [0.2, 0.25) is 5.91 Å². The molecule has 0 bridgehead atoms. The van der Waals surface area contributed by atoms with E-state index in [1.807, 2.05) is 6.92 Å². The lowest BCUT2D eigenvalue weighted by molar-refractivity contribution is -0.150. The molecule has 0 aromatic rings. The number of carboxylic acids is 1. The molecule has 0 atom stereocenters. The van der Waals surface area contributed by atoms with Gasteiger partial charge in [0.15, 0.2) is 0 Å². The van der Waals surface area contributed by atoms with Crippen molar-refractivity contribution in [2.45, 2.75) is 52.0 Å². The van der Waals surface area contributed by atoms with Crippen LogP contribution in [0.15, 0.2) is 0 Å². The molecule has 1 rings (SSSR count). The molecule has 2 N–H and O–H groups in total. The SMILES string of the molecule is CCC1(C(=O)NC(C)(C)C(=O)O)CCC1. The van der Waals surface area contributed by atoms with Gasteiger partial charge in [0.1, 0.15) is 5.54 Å². The van der Waals surface area contributed by atoms with Gasteiger partial charge in [-0.25, -0.2) is 4.79 Å². The first-order valence-corrected chi connectivity index (χ1v) is 5.40. The average Bonchev–Trinajstić information content (AvgIpc) is 2.01. The van der Waals surface area contributed by atoms with E-state index in [1.54, 1.807) is 0 Å². The molecule has 1 amide bonds. The zero-order chi connectivity index (χ0) is 11.7. The van der Waals surface area contributed by atoms with Crippen LogP contribution in [0.5, 0.6) is 0 Å². The Hall–Kier alpha value is -1.06. The van der Waals surface area contributed by atoms with Crippen LogP contribution >= 0.6 is 0 Å². The Bertz CT molecular complexity index is 274. The van der Waals surface area contributed by atoms with Crippen LogP contribution in [-0.2, 0) is 9.59 Å². The maximum Gasteiger partial charge on any atom is 0.328 e. The molecule has 0 unspecified atom stereocenters. The Labute approximate surface area is 90.0 Å². The normalized spacial score (nSPS) is 19.1. The summed E-state index contributed by atoms with van der Waals surface area (Å²) in [6, 6.07) is 0. The lowest BCUT2D eigenvalue weighted by Crippen LogP contribution is -2.56. The minimum Gasteiger partial charge on any atom is -0.480 e. The maximum absolute atomic E-state index is 11.9. The highest BCUT2D eigenvalue weighted by Crippen LogP contribution is 2.44. The molecule has 0 radical (unpaired) electrons. The molecule has 0 aromatic heterocycles. The fourth-order valence-corrected chi connectivity index (χ4v) is 1.81. The molecular formula is C11H19NO3. The molecule has 1 aliphatic carbocycles. The average molecular weight is 213 g/mol. The molecule has 0 spiro atoms. The fourth-order valence-electron chi connectivity index (χ4n) is 1.81. The molecular weight excluding hydrogens is 194 g/mol. The molecule has 1 saturated carbocycles. The van der Waals surface area contributed by atoms with Crippen LogP contribution in [0, 0.1) is 5.41 Å². The van der Waals surface area contributed by atoms with E-state index in [1.165, 1.54) is 13.8 Å². The van der Waals surface area contributed by atoms with Crippen LogP contribution in [0.2, 0.25) is 0 Å². The molecule has 0 heterocycles. The van der Waals surface area contributed by atoms with Crippen LogP contribution in [-0.4, -0.2) is 22.5 Å². The van der Waals surface area contributed by atoms with Crippen molar-refractivity contribution < 1.29 is 14.7 Å². The summed E-state index contributed by atoms with van der Waals surface area (Å²) < 4.78 is 0. The Kier molecular flexibility index (Phi) is 3.07. The predicted molar refractivity (Wildman–Crippen MR) is 56.4 cm³/mol. The number of hydrogen-bond donors (Lipinski definition) is 2. The number of carbonyl (C=O) groups is 2. The molecule has 0 aliphatic heterocycles. The summed E-state index contributed by atoms with van der Waals surface area (Å²) in [7, 11) is 0. The van der Waals surface area contributed by atoms with Crippen LogP contribution in [0.25, 0.3) is 0 Å². The van der Waals surface area contributed by atoms with Gasteiger partial charge in [-0.3, -0.25) is 4.79 Å². The van der Waals surface area contributed by atoms with Crippen molar-refractivity contribution >= 4 is 11.9 Å². The van der Waals surface area contributed by atoms with Crippen LogP contribution < -0.4 is 5.32 Å². The van der Waals surface area contributed by atoms with Crippen molar-refractivity contribution in [2.24, 2.45) is 5.41 Å². The highest BCUT2D eigenvalue weighted by Gasteiger charge is 2.44. The van der Waals surface area contributed by atoms with E-state index in [2.05, 4.69) is 5.32 Å². The number of carbonyl (C=O) groups excluding carboxylic acids is 1. The summed E-state index contributed by atoms with van der Waals surface area (Å²) in [6.07, 6.45) is 3.61. The van der Waals surface area contributed by atoms with Gasteiger partial charge in [0, 0.05) is 5.41 Å². The zero-order valence-corrected chi connectivity index (χ0v) is 9.59. The number of amides is 1. The van der Waals surface area contributed by atoms with Gasteiger partial charge < -0.3 is 10.4 Å². The van der Waals surface area contributed by atoms with E-state index in [0.717, 1.165) is 25.7 Å². The summed E-state index contributed by atoms with van der Waals surface area (Å²) in [5.74, 6) is -1.11. The molecule has 1 aliphatic rings. The standard InChI is InChI=1S/C11H19NO3/c1-4-11(6-5-7-11)8(13)12-10(2,3)9(14)15/h4-7H2,1-3H3,(H,12,13)(H,14,15). The third-order valence-corrected chi connectivity index (χ3v) is 3.43. The number of aliphatic carboxylic acids is 1. The lowest BCUT2D eigenvalue weighted by atomic mass is 9.66. The highest BCUT2D eigenvalue weighted by atomic mass is 16.4. The van der Waals surface area contributed by atoms with Gasteiger partial charge in [-0.1, -0.05) is 13.3 Å². The summed E-state index contributed by atoms with van der Waals surface area (Å²) in [5.41, 5.74) is -1.47. The van der Waals surface area contributed by atoms with Crippen molar-refractivity contribution in [1.82, 2.24) is 5.32 Å². The van der Waals surface area contributed by atoms with Crippen molar-refractivity contribution in [3.05, 3.63) is 0 Å². The molecule has 0 saturated heterocycles. The number of carboxylic acid groups (broad SMARTS) is 1. The van der Waals surface area contributed by atoms with Gasteiger partial charge >= 0.3 is 5.97 Å². The molecule has 4 nitrogen and oxygen atoms in total. The first kappa shape index (κ1) is 12.0. The van der Waals surface area contributed by atoms with E-state index >= 15 is 0 Å². The maximum atomic E-state index is 11.9. The van der Waals surface area contributed by atoms with Crippen LogP contribution in [0.4, 0.5) is 0 Å². The smallest absolute Gasteiger partial charge is 0.328 e.